The topological polar surface area (TPSA) is 82.1 Å². The van der Waals surface area contributed by atoms with E-state index in [2.05, 4.69) is 0 Å². The molecule has 7 nitrogen and oxygen atoms in total. The van der Waals surface area contributed by atoms with Crippen molar-refractivity contribution in [2.45, 2.75) is 19.8 Å². The second-order valence-electron chi connectivity index (χ2n) is 8.30. The van der Waals surface area contributed by atoms with Gasteiger partial charge in [0.05, 0.1) is 14.2 Å². The van der Waals surface area contributed by atoms with Gasteiger partial charge in [0.1, 0.15) is 23.8 Å². The molecule has 0 saturated heterocycles. The number of anilines is 1. The summed E-state index contributed by atoms with van der Waals surface area (Å²) in [5.41, 5.74) is 1.60. The van der Waals surface area contributed by atoms with Crippen LogP contribution in [0.25, 0.3) is 0 Å². The third kappa shape index (κ3) is 8.68. The summed E-state index contributed by atoms with van der Waals surface area (Å²) in [6.45, 7) is 1.23. The summed E-state index contributed by atoms with van der Waals surface area (Å²) in [6, 6.07) is 24.0. The minimum atomic E-state index is -0.546. The Labute approximate surface area is 221 Å². The lowest BCUT2D eigenvalue weighted by molar-refractivity contribution is -0.140. The van der Waals surface area contributed by atoms with E-state index in [1.165, 1.54) is 18.9 Å². The maximum absolute atomic E-state index is 13.8. The molecule has 3 rings (SSSR count). The number of methoxy groups -OCH3 is 2. The molecule has 0 aliphatic heterocycles. The number of hydrogen-bond donors (Lipinski definition) is 0. The van der Waals surface area contributed by atoms with Gasteiger partial charge in [0.2, 0.25) is 5.91 Å². The summed E-state index contributed by atoms with van der Waals surface area (Å²) < 4.78 is 16.0. The Bertz CT molecular complexity index is 1180. The molecule has 1 unspecified atom stereocenters. The number of aryl methyl sites for hydroxylation is 1. The maximum atomic E-state index is 13.8. The fraction of sp³-hybridized carbons (Fsp3) is 0.276. The molecule has 194 valence electrons. The summed E-state index contributed by atoms with van der Waals surface area (Å²) in [6.07, 6.45) is 1.20. The van der Waals surface area contributed by atoms with Crippen LogP contribution in [0.2, 0.25) is 0 Å². The zero-order valence-electron chi connectivity index (χ0n) is 21.2. The van der Waals surface area contributed by atoms with Crippen molar-refractivity contribution in [3.05, 3.63) is 84.4 Å². The number of carbonyl (C=O) groups is 3. The first-order valence-corrected chi connectivity index (χ1v) is 12.9. The van der Waals surface area contributed by atoms with Gasteiger partial charge in [-0.05, 0) is 54.8 Å². The molecular weight excluding hydrogens is 490 g/mol. The van der Waals surface area contributed by atoms with Crippen molar-refractivity contribution < 1.29 is 28.6 Å². The van der Waals surface area contributed by atoms with E-state index in [4.69, 9.17) is 14.2 Å². The Morgan fingerprint density at radius 2 is 1.57 bits per heavy atom. The molecule has 0 N–H and O–H groups in total. The SMILES string of the molecule is COC(=O)CN(C(=O)C(CCc1ccccc1)CSC(C)=O)c1cccc(Oc2ccc(OC)cc2)c1. The lowest BCUT2D eigenvalue weighted by atomic mass is 9.99. The molecule has 0 radical (unpaired) electrons. The number of thioether (sulfide) groups is 1. The molecule has 0 aromatic heterocycles. The average molecular weight is 522 g/mol. The molecule has 0 heterocycles. The second-order valence-corrected chi connectivity index (χ2v) is 9.50. The molecular formula is C29H31NO6S. The van der Waals surface area contributed by atoms with E-state index in [1.807, 2.05) is 30.3 Å². The summed E-state index contributed by atoms with van der Waals surface area (Å²) in [5, 5.41) is -0.0630. The molecule has 0 aliphatic rings. The zero-order valence-corrected chi connectivity index (χ0v) is 22.0. The van der Waals surface area contributed by atoms with Gasteiger partial charge < -0.3 is 19.1 Å². The molecule has 3 aromatic carbocycles. The van der Waals surface area contributed by atoms with Crippen molar-refractivity contribution in [1.82, 2.24) is 0 Å². The number of amides is 1. The molecule has 0 saturated carbocycles. The molecule has 8 heteroatoms. The predicted octanol–water partition coefficient (Wildman–Crippen LogP) is 5.52. The van der Waals surface area contributed by atoms with Crippen molar-refractivity contribution in [3.63, 3.8) is 0 Å². The van der Waals surface area contributed by atoms with Crippen LogP contribution in [0.5, 0.6) is 17.2 Å². The van der Waals surface area contributed by atoms with Crippen LogP contribution in [0.15, 0.2) is 78.9 Å². The Kier molecular flexibility index (Phi) is 10.6. The van der Waals surface area contributed by atoms with Crippen molar-refractivity contribution >= 4 is 34.4 Å². The van der Waals surface area contributed by atoms with Gasteiger partial charge in [-0.15, -0.1) is 0 Å². The van der Waals surface area contributed by atoms with Crippen LogP contribution in [-0.4, -0.2) is 43.5 Å². The number of esters is 1. The monoisotopic (exact) mass is 521 g/mol. The second kappa shape index (κ2) is 14.1. The highest BCUT2D eigenvalue weighted by Crippen LogP contribution is 2.29. The van der Waals surface area contributed by atoms with E-state index >= 15 is 0 Å². The predicted molar refractivity (Wildman–Crippen MR) is 145 cm³/mol. The Balaban J connectivity index is 1.85. The summed E-state index contributed by atoms with van der Waals surface area (Å²) >= 11 is 1.11. The van der Waals surface area contributed by atoms with Crippen LogP contribution in [0.4, 0.5) is 5.69 Å². The fourth-order valence-corrected chi connectivity index (χ4v) is 4.43. The summed E-state index contributed by atoms with van der Waals surface area (Å²) in [7, 11) is 2.88. The van der Waals surface area contributed by atoms with Gasteiger partial charge in [0.25, 0.3) is 0 Å². The molecule has 1 amide bonds. The highest BCUT2D eigenvalue weighted by atomic mass is 32.2. The molecule has 1 atom stereocenters. The van der Waals surface area contributed by atoms with Gasteiger partial charge in [-0.25, -0.2) is 0 Å². The molecule has 0 spiro atoms. The van der Waals surface area contributed by atoms with Gasteiger partial charge >= 0.3 is 5.97 Å². The van der Waals surface area contributed by atoms with Crippen LogP contribution >= 0.6 is 11.8 Å². The van der Waals surface area contributed by atoms with Crippen molar-refractivity contribution in [1.29, 1.82) is 0 Å². The normalized spacial score (nSPS) is 11.3. The maximum Gasteiger partial charge on any atom is 0.325 e. The van der Waals surface area contributed by atoms with Gasteiger partial charge in [-0.2, -0.15) is 0 Å². The van der Waals surface area contributed by atoms with Crippen LogP contribution in [0, 0.1) is 5.92 Å². The largest absolute Gasteiger partial charge is 0.497 e. The van der Waals surface area contributed by atoms with Gasteiger partial charge in [0, 0.05) is 30.3 Å². The van der Waals surface area contributed by atoms with E-state index in [1.54, 1.807) is 55.6 Å². The molecule has 0 fully saturated rings. The molecule has 37 heavy (non-hydrogen) atoms. The van der Waals surface area contributed by atoms with Crippen LogP contribution in [-0.2, 0) is 25.5 Å². The first-order chi connectivity index (χ1) is 17.9. The van der Waals surface area contributed by atoms with E-state index in [0.717, 1.165) is 17.3 Å². The van der Waals surface area contributed by atoms with E-state index < -0.39 is 11.9 Å². The summed E-state index contributed by atoms with van der Waals surface area (Å²) in [5.74, 6) is 0.853. The Morgan fingerprint density at radius 1 is 0.865 bits per heavy atom. The van der Waals surface area contributed by atoms with Crippen LogP contribution in [0.1, 0.15) is 18.9 Å². The lowest BCUT2D eigenvalue weighted by Crippen LogP contribution is -2.41. The zero-order chi connectivity index (χ0) is 26.6. The van der Waals surface area contributed by atoms with E-state index in [0.29, 0.717) is 41.5 Å². The minimum absolute atomic E-state index is 0.0630. The smallest absolute Gasteiger partial charge is 0.325 e. The average Bonchev–Trinajstić information content (AvgIpc) is 2.92. The van der Waals surface area contributed by atoms with Crippen molar-refractivity contribution in [2.75, 3.05) is 31.4 Å². The van der Waals surface area contributed by atoms with Gasteiger partial charge in [-0.1, -0.05) is 48.2 Å². The number of carbonyl (C=O) groups excluding carboxylic acids is 3. The Morgan fingerprint density at radius 3 is 2.22 bits per heavy atom. The minimum Gasteiger partial charge on any atom is -0.497 e. The third-order valence-electron chi connectivity index (χ3n) is 5.67. The molecule has 0 aliphatic carbocycles. The molecule has 3 aromatic rings. The number of benzene rings is 3. The number of nitrogens with zero attached hydrogens (tertiary/aromatic N) is 1. The summed E-state index contributed by atoms with van der Waals surface area (Å²) in [4.78, 5) is 39.2. The number of hydrogen-bond acceptors (Lipinski definition) is 7. The quantitative estimate of drug-likeness (QED) is 0.290. The van der Waals surface area contributed by atoms with Crippen molar-refractivity contribution in [3.8, 4) is 17.2 Å². The van der Waals surface area contributed by atoms with Gasteiger partial charge in [-0.3, -0.25) is 14.4 Å². The van der Waals surface area contributed by atoms with Crippen molar-refractivity contribution in [2.24, 2.45) is 5.92 Å². The molecule has 0 bridgehead atoms. The lowest BCUT2D eigenvalue weighted by Gasteiger charge is -2.27. The highest BCUT2D eigenvalue weighted by Gasteiger charge is 2.28. The number of ether oxygens (including phenoxy) is 3. The Hall–Kier alpha value is -3.78. The fourth-order valence-electron chi connectivity index (χ4n) is 3.69. The first kappa shape index (κ1) is 27.8. The van der Waals surface area contributed by atoms with Gasteiger partial charge in [0.15, 0.2) is 5.12 Å². The van der Waals surface area contributed by atoms with E-state index in [-0.39, 0.29) is 17.6 Å². The standard InChI is InChI=1S/C29H31NO6S/c1-21(31)37-20-23(13-12-22-8-5-4-6-9-22)29(33)30(19-28(32)35-3)24-10-7-11-27(18-24)36-26-16-14-25(34-2)15-17-26/h4-11,14-18,23H,12-13,19-20H2,1-3H3. The van der Waals surface area contributed by atoms with Crippen LogP contribution in [0.3, 0.4) is 0 Å². The number of rotatable bonds is 12. The third-order valence-corrected chi connectivity index (χ3v) is 6.64. The van der Waals surface area contributed by atoms with Crippen LogP contribution < -0.4 is 14.4 Å². The van der Waals surface area contributed by atoms with E-state index in [9.17, 15) is 14.4 Å². The highest BCUT2D eigenvalue weighted by molar-refractivity contribution is 8.13. The first-order valence-electron chi connectivity index (χ1n) is 11.9.